The fourth-order valence-corrected chi connectivity index (χ4v) is 4.06. The first-order valence-electron chi connectivity index (χ1n) is 10.8. The molecule has 0 unspecified atom stereocenters. The second-order valence-corrected chi connectivity index (χ2v) is 7.95. The van der Waals surface area contributed by atoms with Crippen LogP contribution in [0.2, 0.25) is 0 Å². The number of rotatable bonds is 7. The summed E-state index contributed by atoms with van der Waals surface area (Å²) in [7, 11) is 3.20. The highest BCUT2D eigenvalue weighted by molar-refractivity contribution is 5.97. The van der Waals surface area contributed by atoms with E-state index in [1.165, 1.54) is 0 Å². The number of aromatic amines is 1. The number of H-pyrrole nitrogens is 1. The summed E-state index contributed by atoms with van der Waals surface area (Å²) >= 11 is 0. The molecule has 0 aliphatic carbocycles. The number of carbonyl (C=O) groups excluding carboxylic acids is 2. The summed E-state index contributed by atoms with van der Waals surface area (Å²) < 4.78 is 10.6. The SMILES string of the molecule is COc1ccc(CCC(=O)N2CCC(NC(=O)c3ccc4nc[nH]c4c3)CC2)cc1OC. The van der Waals surface area contributed by atoms with Gasteiger partial charge in [-0.2, -0.15) is 0 Å². The summed E-state index contributed by atoms with van der Waals surface area (Å²) in [4.78, 5) is 34.4. The van der Waals surface area contributed by atoms with Gasteiger partial charge in [-0.1, -0.05) is 6.07 Å². The molecule has 1 saturated heterocycles. The molecular formula is C24H28N4O4. The van der Waals surface area contributed by atoms with Crippen LogP contribution in [0.4, 0.5) is 0 Å². The lowest BCUT2D eigenvalue weighted by atomic mass is 10.0. The van der Waals surface area contributed by atoms with Crippen molar-refractivity contribution >= 4 is 22.8 Å². The highest BCUT2D eigenvalue weighted by Gasteiger charge is 2.24. The molecule has 2 aromatic carbocycles. The van der Waals surface area contributed by atoms with Crippen LogP contribution >= 0.6 is 0 Å². The molecule has 4 rings (SSSR count). The number of hydrogen-bond acceptors (Lipinski definition) is 5. The molecule has 1 fully saturated rings. The molecule has 168 valence electrons. The number of amides is 2. The first-order valence-corrected chi connectivity index (χ1v) is 10.8. The van der Waals surface area contributed by atoms with Crippen LogP contribution in [-0.4, -0.2) is 60.0 Å². The van der Waals surface area contributed by atoms with Crippen molar-refractivity contribution in [3.63, 3.8) is 0 Å². The maximum absolute atomic E-state index is 12.7. The molecule has 1 aliphatic rings. The van der Waals surface area contributed by atoms with Crippen LogP contribution in [0.5, 0.6) is 11.5 Å². The number of likely N-dealkylation sites (tertiary alicyclic amines) is 1. The van der Waals surface area contributed by atoms with E-state index in [1.807, 2.05) is 35.2 Å². The van der Waals surface area contributed by atoms with Crippen molar-refractivity contribution < 1.29 is 19.1 Å². The lowest BCUT2D eigenvalue weighted by Crippen LogP contribution is -2.46. The number of ether oxygens (including phenoxy) is 2. The van der Waals surface area contributed by atoms with Crippen LogP contribution in [0.25, 0.3) is 11.0 Å². The van der Waals surface area contributed by atoms with Gasteiger partial charge in [-0.25, -0.2) is 4.98 Å². The van der Waals surface area contributed by atoms with E-state index in [-0.39, 0.29) is 17.9 Å². The minimum atomic E-state index is -0.0975. The van der Waals surface area contributed by atoms with Crippen molar-refractivity contribution in [2.24, 2.45) is 0 Å². The van der Waals surface area contributed by atoms with E-state index in [4.69, 9.17) is 9.47 Å². The van der Waals surface area contributed by atoms with Gasteiger partial charge in [0.1, 0.15) is 0 Å². The van der Waals surface area contributed by atoms with Gasteiger partial charge in [0, 0.05) is 31.1 Å². The standard InChI is InChI=1S/C24H28N4O4/c1-31-21-7-3-16(13-22(21)32-2)4-8-23(29)28-11-9-18(10-12-28)27-24(30)17-5-6-19-20(14-17)26-15-25-19/h3,5-7,13-15,18H,4,8-12H2,1-2H3,(H,25,26)(H,27,30). The van der Waals surface area contributed by atoms with Crippen molar-refractivity contribution in [3.05, 3.63) is 53.9 Å². The van der Waals surface area contributed by atoms with Crippen molar-refractivity contribution in [1.29, 1.82) is 0 Å². The van der Waals surface area contributed by atoms with Crippen LogP contribution in [0.3, 0.4) is 0 Å². The second kappa shape index (κ2) is 9.72. The monoisotopic (exact) mass is 436 g/mol. The summed E-state index contributed by atoms with van der Waals surface area (Å²) in [5.41, 5.74) is 3.32. The number of carbonyl (C=O) groups is 2. The van der Waals surface area contributed by atoms with Crippen molar-refractivity contribution in [2.45, 2.75) is 31.7 Å². The molecule has 2 heterocycles. The number of hydrogen-bond donors (Lipinski definition) is 2. The van der Waals surface area contributed by atoms with Gasteiger partial charge in [0.05, 0.1) is 31.6 Å². The number of nitrogens with one attached hydrogen (secondary N) is 2. The van der Waals surface area contributed by atoms with Crippen molar-refractivity contribution in [3.8, 4) is 11.5 Å². The molecule has 3 aromatic rings. The molecule has 8 heteroatoms. The van der Waals surface area contributed by atoms with Crippen LogP contribution in [-0.2, 0) is 11.2 Å². The first-order chi connectivity index (χ1) is 15.6. The smallest absolute Gasteiger partial charge is 0.251 e. The Kier molecular flexibility index (Phi) is 6.58. The average molecular weight is 437 g/mol. The maximum Gasteiger partial charge on any atom is 0.251 e. The van der Waals surface area contributed by atoms with E-state index < -0.39 is 0 Å². The third-order valence-electron chi connectivity index (χ3n) is 5.94. The van der Waals surface area contributed by atoms with E-state index in [0.29, 0.717) is 43.0 Å². The molecule has 8 nitrogen and oxygen atoms in total. The Hall–Kier alpha value is -3.55. The Morgan fingerprint density at radius 3 is 2.62 bits per heavy atom. The molecule has 32 heavy (non-hydrogen) atoms. The summed E-state index contributed by atoms with van der Waals surface area (Å²) in [6, 6.07) is 11.2. The van der Waals surface area contributed by atoms with Gasteiger partial charge in [-0.05, 0) is 55.2 Å². The van der Waals surface area contributed by atoms with E-state index in [0.717, 1.165) is 29.4 Å². The summed E-state index contributed by atoms with van der Waals surface area (Å²) in [6.07, 6.45) is 4.20. The molecule has 0 spiro atoms. The largest absolute Gasteiger partial charge is 0.493 e. The normalized spacial score (nSPS) is 14.4. The number of piperidine rings is 1. The van der Waals surface area contributed by atoms with E-state index in [9.17, 15) is 9.59 Å². The number of fused-ring (bicyclic) bond motifs is 1. The molecule has 2 N–H and O–H groups in total. The number of nitrogens with zero attached hydrogens (tertiary/aromatic N) is 2. The molecule has 0 bridgehead atoms. The minimum absolute atomic E-state index is 0.0647. The second-order valence-electron chi connectivity index (χ2n) is 7.95. The van der Waals surface area contributed by atoms with E-state index >= 15 is 0 Å². The van der Waals surface area contributed by atoms with Gasteiger partial charge in [-0.3, -0.25) is 9.59 Å². The van der Waals surface area contributed by atoms with Gasteiger partial charge < -0.3 is 24.7 Å². The highest BCUT2D eigenvalue weighted by Crippen LogP contribution is 2.28. The Morgan fingerprint density at radius 2 is 1.88 bits per heavy atom. The van der Waals surface area contributed by atoms with Crippen LogP contribution in [0, 0.1) is 0 Å². The molecular weight excluding hydrogens is 408 g/mol. The Morgan fingerprint density at radius 1 is 1.09 bits per heavy atom. The maximum atomic E-state index is 12.7. The Bertz CT molecular complexity index is 1100. The van der Waals surface area contributed by atoms with Crippen LogP contribution in [0.1, 0.15) is 35.2 Å². The zero-order valence-corrected chi connectivity index (χ0v) is 18.4. The van der Waals surface area contributed by atoms with Crippen molar-refractivity contribution in [2.75, 3.05) is 27.3 Å². The number of methoxy groups -OCH3 is 2. The first kappa shape index (κ1) is 21.7. The number of aromatic nitrogens is 2. The van der Waals surface area contributed by atoms with Gasteiger partial charge in [0.15, 0.2) is 11.5 Å². The quantitative estimate of drug-likeness (QED) is 0.594. The van der Waals surface area contributed by atoms with E-state index in [2.05, 4.69) is 15.3 Å². The van der Waals surface area contributed by atoms with Gasteiger partial charge in [0.2, 0.25) is 5.91 Å². The lowest BCUT2D eigenvalue weighted by molar-refractivity contribution is -0.132. The molecule has 0 radical (unpaired) electrons. The highest BCUT2D eigenvalue weighted by atomic mass is 16.5. The third kappa shape index (κ3) is 4.85. The van der Waals surface area contributed by atoms with Gasteiger partial charge >= 0.3 is 0 Å². The molecule has 2 amide bonds. The number of imidazole rings is 1. The molecule has 0 atom stereocenters. The summed E-state index contributed by atoms with van der Waals surface area (Å²) in [5.74, 6) is 1.38. The number of aryl methyl sites for hydroxylation is 1. The Balaban J connectivity index is 1.25. The van der Waals surface area contributed by atoms with Gasteiger partial charge in [0.25, 0.3) is 5.91 Å². The molecule has 1 aliphatic heterocycles. The zero-order chi connectivity index (χ0) is 22.5. The summed E-state index contributed by atoms with van der Waals surface area (Å²) in [5, 5.41) is 3.10. The van der Waals surface area contributed by atoms with Crippen LogP contribution < -0.4 is 14.8 Å². The molecule has 0 saturated carbocycles. The van der Waals surface area contributed by atoms with E-state index in [1.54, 1.807) is 26.6 Å². The fraction of sp³-hybridized carbons (Fsp3) is 0.375. The fourth-order valence-electron chi connectivity index (χ4n) is 4.06. The zero-order valence-electron chi connectivity index (χ0n) is 18.4. The summed E-state index contributed by atoms with van der Waals surface area (Å²) in [6.45, 7) is 1.30. The molecule has 1 aromatic heterocycles. The number of benzene rings is 2. The Labute approximate surface area is 186 Å². The van der Waals surface area contributed by atoms with Crippen LogP contribution in [0.15, 0.2) is 42.7 Å². The van der Waals surface area contributed by atoms with Crippen molar-refractivity contribution in [1.82, 2.24) is 20.2 Å². The third-order valence-corrected chi connectivity index (χ3v) is 5.94. The lowest BCUT2D eigenvalue weighted by Gasteiger charge is -2.32. The average Bonchev–Trinajstić information content (AvgIpc) is 3.30. The predicted octanol–water partition coefficient (Wildman–Crippen LogP) is 2.93. The van der Waals surface area contributed by atoms with Gasteiger partial charge in [-0.15, -0.1) is 0 Å². The minimum Gasteiger partial charge on any atom is -0.493 e. The topological polar surface area (TPSA) is 96.5 Å². The predicted molar refractivity (Wildman–Crippen MR) is 121 cm³/mol.